The van der Waals surface area contributed by atoms with Gasteiger partial charge < -0.3 is 0 Å². The second-order valence-electron chi connectivity index (χ2n) is 6.40. The molecule has 2 aromatic rings. The number of benzene rings is 2. The predicted octanol–water partition coefficient (Wildman–Crippen LogP) is 6.73. The predicted molar refractivity (Wildman–Crippen MR) is 95.1 cm³/mol. The lowest BCUT2D eigenvalue weighted by Gasteiger charge is -2.12. The van der Waals surface area contributed by atoms with Crippen LogP contribution < -0.4 is 0 Å². The number of halogens is 1. The van der Waals surface area contributed by atoms with E-state index in [0.29, 0.717) is 5.88 Å². The molecule has 0 saturated heterocycles. The van der Waals surface area contributed by atoms with E-state index in [1.807, 2.05) is 0 Å². The van der Waals surface area contributed by atoms with Crippen molar-refractivity contribution in [2.45, 2.75) is 58.3 Å². The molecule has 1 heteroatoms. The van der Waals surface area contributed by atoms with Gasteiger partial charge in [0.1, 0.15) is 0 Å². The first-order valence-electron chi connectivity index (χ1n) is 8.28. The largest absolute Gasteiger partial charge is 0.122 e. The van der Waals surface area contributed by atoms with Gasteiger partial charge >= 0.3 is 0 Å². The maximum atomic E-state index is 6.13. The fourth-order valence-electron chi connectivity index (χ4n) is 3.01. The molecule has 0 N–H and O–H groups in total. The molecule has 0 atom stereocenters. The molecule has 0 fully saturated rings. The minimum absolute atomic E-state index is 0.619. The molecule has 0 heterocycles. The van der Waals surface area contributed by atoms with Gasteiger partial charge in [0.05, 0.1) is 0 Å². The zero-order valence-electron chi connectivity index (χ0n) is 13.4. The summed E-state index contributed by atoms with van der Waals surface area (Å²) in [5, 5.41) is 2.72. The Bertz CT molecular complexity index is 557. The highest BCUT2D eigenvalue weighted by Crippen LogP contribution is 2.26. The summed E-state index contributed by atoms with van der Waals surface area (Å²) in [5.41, 5.74) is 2.77. The molecule has 114 valence electrons. The summed E-state index contributed by atoms with van der Waals surface area (Å²) >= 11 is 6.13. The fourth-order valence-corrected chi connectivity index (χ4v) is 3.26. The number of unbranched alkanes of at least 4 members (excludes halogenated alkanes) is 3. The Labute approximate surface area is 134 Å². The monoisotopic (exact) mass is 302 g/mol. The molecule has 0 amide bonds. The van der Waals surface area contributed by atoms with Crippen molar-refractivity contribution in [3.63, 3.8) is 0 Å². The molecule has 0 unspecified atom stereocenters. The van der Waals surface area contributed by atoms with Crippen LogP contribution in [0.5, 0.6) is 0 Å². The maximum absolute atomic E-state index is 6.13. The lowest BCUT2D eigenvalue weighted by Crippen LogP contribution is -1.95. The van der Waals surface area contributed by atoms with E-state index >= 15 is 0 Å². The summed E-state index contributed by atoms with van der Waals surface area (Å²) in [5.74, 6) is 1.46. The van der Waals surface area contributed by atoms with Crippen LogP contribution in [0.2, 0.25) is 0 Å². The number of fused-ring (bicyclic) bond motifs is 1. The van der Waals surface area contributed by atoms with Crippen molar-refractivity contribution < 1.29 is 0 Å². The average Bonchev–Trinajstić information content (AvgIpc) is 2.50. The lowest BCUT2D eigenvalue weighted by molar-refractivity contribution is 0.520. The molecule has 2 aromatic carbocycles. The van der Waals surface area contributed by atoms with Crippen molar-refractivity contribution in [2.24, 2.45) is 5.92 Å². The lowest BCUT2D eigenvalue weighted by atomic mass is 9.95. The molecule has 2 rings (SSSR count). The molecule has 0 spiro atoms. The highest BCUT2D eigenvalue weighted by atomic mass is 35.5. The summed E-state index contributed by atoms with van der Waals surface area (Å²) in [4.78, 5) is 0. The van der Waals surface area contributed by atoms with Crippen LogP contribution >= 0.6 is 11.6 Å². The maximum Gasteiger partial charge on any atom is 0.0477 e. The van der Waals surface area contributed by atoms with Crippen LogP contribution in [0.3, 0.4) is 0 Å². The molecule has 0 aliphatic carbocycles. The molecular weight excluding hydrogens is 276 g/mol. The van der Waals surface area contributed by atoms with Gasteiger partial charge in [-0.3, -0.25) is 0 Å². The smallest absolute Gasteiger partial charge is 0.0477 e. The van der Waals surface area contributed by atoms with E-state index in [4.69, 9.17) is 11.6 Å². The van der Waals surface area contributed by atoms with Gasteiger partial charge in [-0.15, -0.1) is 11.6 Å². The fraction of sp³-hybridized carbons (Fsp3) is 0.500. The summed E-state index contributed by atoms with van der Waals surface area (Å²) in [6.45, 7) is 4.62. The summed E-state index contributed by atoms with van der Waals surface area (Å²) in [7, 11) is 0. The van der Waals surface area contributed by atoms with Gasteiger partial charge in [-0.25, -0.2) is 0 Å². The molecule has 0 aliphatic heterocycles. The Morgan fingerprint density at radius 2 is 1.67 bits per heavy atom. The molecule has 0 aromatic heterocycles. The Balaban J connectivity index is 1.97. The van der Waals surface area contributed by atoms with Gasteiger partial charge in [0, 0.05) is 5.88 Å². The van der Waals surface area contributed by atoms with E-state index in [1.54, 1.807) is 0 Å². The van der Waals surface area contributed by atoms with Crippen molar-refractivity contribution in [3.05, 3.63) is 47.5 Å². The number of rotatable bonds is 8. The van der Waals surface area contributed by atoms with E-state index in [0.717, 1.165) is 12.3 Å². The Hall–Kier alpha value is -1.01. The van der Waals surface area contributed by atoms with Gasteiger partial charge in [0.15, 0.2) is 0 Å². The van der Waals surface area contributed by atoms with Gasteiger partial charge in [-0.2, -0.15) is 0 Å². The Morgan fingerprint density at radius 1 is 0.905 bits per heavy atom. The highest BCUT2D eigenvalue weighted by molar-refractivity contribution is 6.17. The van der Waals surface area contributed by atoms with Crippen LogP contribution in [0.15, 0.2) is 36.4 Å². The summed E-state index contributed by atoms with van der Waals surface area (Å²) in [6, 6.07) is 13.1. The van der Waals surface area contributed by atoms with Gasteiger partial charge in [-0.1, -0.05) is 75.9 Å². The first kappa shape index (κ1) is 16.4. The van der Waals surface area contributed by atoms with E-state index in [9.17, 15) is 0 Å². The quantitative estimate of drug-likeness (QED) is 0.375. The van der Waals surface area contributed by atoms with Gasteiger partial charge in [0.2, 0.25) is 0 Å². The first-order valence-corrected chi connectivity index (χ1v) is 8.81. The van der Waals surface area contributed by atoms with Crippen LogP contribution in [-0.2, 0) is 12.3 Å². The van der Waals surface area contributed by atoms with Crippen LogP contribution in [-0.4, -0.2) is 0 Å². The average molecular weight is 303 g/mol. The normalized spacial score (nSPS) is 11.4. The van der Waals surface area contributed by atoms with E-state index in [1.165, 1.54) is 54.0 Å². The van der Waals surface area contributed by atoms with Crippen molar-refractivity contribution in [3.8, 4) is 0 Å². The van der Waals surface area contributed by atoms with Crippen LogP contribution in [0.25, 0.3) is 10.8 Å². The molecular formula is C20H27Cl. The van der Waals surface area contributed by atoms with Gasteiger partial charge in [-0.05, 0) is 40.7 Å². The van der Waals surface area contributed by atoms with Crippen molar-refractivity contribution in [2.75, 3.05) is 0 Å². The number of aryl methyl sites for hydroxylation is 1. The molecule has 0 bridgehead atoms. The van der Waals surface area contributed by atoms with Crippen molar-refractivity contribution in [1.29, 1.82) is 0 Å². The van der Waals surface area contributed by atoms with E-state index in [-0.39, 0.29) is 0 Å². The van der Waals surface area contributed by atoms with Crippen LogP contribution in [0.1, 0.15) is 57.1 Å². The third-order valence-electron chi connectivity index (χ3n) is 4.24. The Kier molecular flexibility index (Phi) is 6.57. The number of hydrogen-bond donors (Lipinski definition) is 0. The third kappa shape index (κ3) is 4.74. The number of alkyl halides is 1. The highest BCUT2D eigenvalue weighted by Gasteiger charge is 2.06. The zero-order chi connectivity index (χ0) is 15.1. The minimum atomic E-state index is 0.619. The first-order chi connectivity index (χ1) is 10.2. The molecule has 0 aliphatic rings. The topological polar surface area (TPSA) is 0 Å². The standard InChI is InChI=1S/C20H27Cl/c1-16(2)9-5-3-4-6-11-20-18(15-21)14-13-17-10-7-8-12-19(17)20/h7-8,10,12-14,16H,3-6,9,11,15H2,1-2H3. The molecule has 0 nitrogen and oxygen atoms in total. The van der Waals surface area contributed by atoms with Crippen molar-refractivity contribution >= 4 is 22.4 Å². The SMILES string of the molecule is CC(C)CCCCCCc1c(CCl)ccc2ccccc12. The van der Waals surface area contributed by atoms with E-state index in [2.05, 4.69) is 50.2 Å². The minimum Gasteiger partial charge on any atom is -0.122 e. The Morgan fingerprint density at radius 3 is 2.43 bits per heavy atom. The molecule has 21 heavy (non-hydrogen) atoms. The van der Waals surface area contributed by atoms with Gasteiger partial charge in [0.25, 0.3) is 0 Å². The van der Waals surface area contributed by atoms with Crippen LogP contribution in [0.4, 0.5) is 0 Å². The third-order valence-corrected chi connectivity index (χ3v) is 4.53. The van der Waals surface area contributed by atoms with Crippen LogP contribution in [0, 0.1) is 5.92 Å². The summed E-state index contributed by atoms with van der Waals surface area (Å²) in [6.07, 6.45) is 7.86. The van der Waals surface area contributed by atoms with Crippen molar-refractivity contribution in [1.82, 2.24) is 0 Å². The summed E-state index contributed by atoms with van der Waals surface area (Å²) < 4.78 is 0. The molecule has 0 saturated carbocycles. The molecule has 0 radical (unpaired) electrons. The van der Waals surface area contributed by atoms with E-state index < -0.39 is 0 Å². The number of hydrogen-bond acceptors (Lipinski definition) is 0. The second kappa shape index (κ2) is 8.44. The zero-order valence-corrected chi connectivity index (χ0v) is 14.1. The second-order valence-corrected chi connectivity index (χ2v) is 6.67.